The van der Waals surface area contributed by atoms with Gasteiger partial charge in [0.15, 0.2) is 5.78 Å². The van der Waals surface area contributed by atoms with Gasteiger partial charge in [-0.05, 0) is 18.9 Å². The fraction of sp³-hybridized carbons (Fsp3) is 0.500. The maximum absolute atomic E-state index is 11.8. The number of anilines is 1. The summed E-state index contributed by atoms with van der Waals surface area (Å²) in [6.07, 6.45) is 0.714. The Hall–Kier alpha value is -1.58. The van der Waals surface area contributed by atoms with Crippen LogP contribution in [0.3, 0.4) is 0 Å². The van der Waals surface area contributed by atoms with Crippen molar-refractivity contribution in [3.05, 3.63) is 27.5 Å². The lowest BCUT2D eigenvalue weighted by Gasteiger charge is -2.17. The predicted molar refractivity (Wildman–Crippen MR) is 63.4 cm³/mol. The Balaban J connectivity index is 2.80. The third-order valence-electron chi connectivity index (χ3n) is 3.12. The lowest BCUT2D eigenvalue weighted by molar-refractivity contribution is 0.101. The van der Waals surface area contributed by atoms with Gasteiger partial charge in [0.1, 0.15) is 5.82 Å². The molecule has 0 spiro atoms. The van der Waals surface area contributed by atoms with Crippen molar-refractivity contribution in [3.8, 4) is 0 Å². The Labute approximate surface area is 94.5 Å². The molecule has 0 unspecified atom stereocenters. The molecule has 0 aromatic carbocycles. The third kappa shape index (κ3) is 1.45. The molecule has 0 saturated heterocycles. The van der Waals surface area contributed by atoms with Crippen LogP contribution in [-0.4, -0.2) is 23.9 Å². The third-order valence-corrected chi connectivity index (χ3v) is 3.12. The summed E-state index contributed by atoms with van der Waals surface area (Å²) in [5, 5.41) is 0. The number of pyridine rings is 1. The van der Waals surface area contributed by atoms with Gasteiger partial charge in [-0.1, -0.05) is 6.92 Å². The summed E-state index contributed by atoms with van der Waals surface area (Å²) in [5.74, 6) is 0.825. The first-order valence-electron chi connectivity index (χ1n) is 5.55. The minimum atomic E-state index is 0.00111. The molecule has 4 heteroatoms. The van der Waals surface area contributed by atoms with E-state index in [9.17, 15) is 9.59 Å². The van der Waals surface area contributed by atoms with E-state index in [1.807, 2.05) is 18.9 Å². The largest absolute Gasteiger partial charge is 0.359 e. The van der Waals surface area contributed by atoms with Gasteiger partial charge in [0.25, 0.3) is 5.56 Å². The van der Waals surface area contributed by atoms with Crippen LogP contribution in [0.2, 0.25) is 0 Å². The van der Waals surface area contributed by atoms with Crippen LogP contribution in [0.25, 0.3) is 0 Å². The normalized spacial score (nSPS) is 14.1. The maximum Gasteiger partial charge on any atom is 0.252 e. The molecule has 0 fully saturated rings. The Morgan fingerprint density at radius 2 is 2.12 bits per heavy atom. The quantitative estimate of drug-likeness (QED) is 0.700. The van der Waals surface area contributed by atoms with Crippen molar-refractivity contribution < 1.29 is 4.79 Å². The first-order valence-corrected chi connectivity index (χ1v) is 5.55. The number of aromatic nitrogens is 1. The fourth-order valence-electron chi connectivity index (χ4n) is 2.31. The van der Waals surface area contributed by atoms with Crippen LogP contribution in [0.5, 0.6) is 0 Å². The number of fused-ring (bicyclic) bond motifs is 1. The summed E-state index contributed by atoms with van der Waals surface area (Å²) >= 11 is 0. The molecule has 1 aliphatic rings. The Kier molecular flexibility index (Phi) is 2.58. The number of hydrogen-bond acceptors (Lipinski definition) is 3. The van der Waals surface area contributed by atoms with E-state index in [0.717, 1.165) is 17.9 Å². The zero-order valence-electron chi connectivity index (χ0n) is 9.91. The van der Waals surface area contributed by atoms with Gasteiger partial charge in [-0.3, -0.25) is 14.2 Å². The molecular weight excluding hydrogens is 204 g/mol. The second kappa shape index (κ2) is 3.77. The summed E-state index contributed by atoms with van der Waals surface area (Å²) in [7, 11) is 1.92. The van der Waals surface area contributed by atoms with Crippen LogP contribution in [0, 0.1) is 0 Å². The molecule has 2 rings (SSSR count). The number of rotatable bonds is 2. The van der Waals surface area contributed by atoms with Gasteiger partial charge < -0.3 is 4.90 Å². The molecule has 0 atom stereocenters. The number of hydrogen-bond donors (Lipinski definition) is 0. The molecule has 0 amide bonds. The minimum Gasteiger partial charge on any atom is -0.359 e. The van der Waals surface area contributed by atoms with E-state index in [2.05, 4.69) is 0 Å². The Morgan fingerprint density at radius 3 is 2.69 bits per heavy atom. The summed E-state index contributed by atoms with van der Waals surface area (Å²) in [6.45, 7) is 5.00. The number of aryl methyl sites for hydroxylation is 1. The molecule has 1 aromatic rings. The van der Waals surface area contributed by atoms with E-state index < -0.39 is 0 Å². The molecule has 0 saturated carbocycles. The number of carbonyl (C=O) groups excluding carboxylic acids is 1. The number of nitrogens with zero attached hydrogens (tertiary/aromatic N) is 2. The lowest BCUT2D eigenvalue weighted by Crippen LogP contribution is -2.23. The van der Waals surface area contributed by atoms with Crippen LogP contribution in [0.1, 0.15) is 29.8 Å². The topological polar surface area (TPSA) is 42.3 Å². The predicted octanol–water partition coefficient (Wildman–Crippen LogP) is 1.06. The van der Waals surface area contributed by atoms with E-state index in [0.29, 0.717) is 18.5 Å². The summed E-state index contributed by atoms with van der Waals surface area (Å²) in [4.78, 5) is 25.5. The molecule has 0 aliphatic carbocycles. The molecule has 2 heterocycles. The number of Topliss-reactive ketones (excluding diaryl/α,β-unsaturated/α-hetero) is 1. The van der Waals surface area contributed by atoms with E-state index in [4.69, 9.17) is 0 Å². The van der Waals surface area contributed by atoms with Crippen molar-refractivity contribution in [1.29, 1.82) is 0 Å². The average molecular weight is 220 g/mol. The van der Waals surface area contributed by atoms with Gasteiger partial charge in [0.05, 0.1) is 5.56 Å². The molecule has 0 N–H and O–H groups in total. The van der Waals surface area contributed by atoms with Crippen LogP contribution in [0.15, 0.2) is 10.9 Å². The minimum absolute atomic E-state index is 0.00111. The second-order valence-corrected chi connectivity index (χ2v) is 4.19. The highest BCUT2D eigenvalue weighted by molar-refractivity contribution is 6.00. The van der Waals surface area contributed by atoms with Crippen molar-refractivity contribution in [3.63, 3.8) is 0 Å². The fourth-order valence-corrected chi connectivity index (χ4v) is 2.31. The molecule has 86 valence electrons. The molecule has 0 radical (unpaired) electrons. The van der Waals surface area contributed by atoms with Crippen LogP contribution < -0.4 is 10.5 Å². The Bertz CT molecular complexity index is 502. The van der Waals surface area contributed by atoms with Crippen molar-refractivity contribution in [2.24, 2.45) is 0 Å². The van der Waals surface area contributed by atoms with Gasteiger partial charge in [-0.2, -0.15) is 0 Å². The first-order chi connectivity index (χ1) is 7.56. The van der Waals surface area contributed by atoms with Crippen molar-refractivity contribution >= 4 is 11.6 Å². The standard InChI is InChI=1S/C12H16N2O2/c1-4-9-7-10(16)14-6-5-13(3)12(14)11(9)8(2)15/h7H,4-6H2,1-3H3. The average Bonchev–Trinajstić information content (AvgIpc) is 2.60. The highest BCUT2D eigenvalue weighted by atomic mass is 16.1. The first kappa shape index (κ1) is 10.9. The molecule has 1 aromatic heterocycles. The van der Waals surface area contributed by atoms with Crippen LogP contribution in [0.4, 0.5) is 5.82 Å². The smallest absolute Gasteiger partial charge is 0.252 e. The van der Waals surface area contributed by atoms with E-state index in [-0.39, 0.29) is 11.3 Å². The number of carbonyl (C=O) groups is 1. The van der Waals surface area contributed by atoms with Gasteiger partial charge in [0, 0.05) is 26.2 Å². The highest BCUT2D eigenvalue weighted by Crippen LogP contribution is 2.26. The van der Waals surface area contributed by atoms with Gasteiger partial charge >= 0.3 is 0 Å². The Morgan fingerprint density at radius 1 is 1.44 bits per heavy atom. The summed E-state index contributed by atoms with van der Waals surface area (Å²) in [6, 6.07) is 1.60. The second-order valence-electron chi connectivity index (χ2n) is 4.19. The lowest BCUT2D eigenvalue weighted by atomic mass is 10.0. The number of likely N-dealkylation sites (N-methyl/N-ethyl adjacent to an activating group) is 1. The molecule has 0 bridgehead atoms. The van der Waals surface area contributed by atoms with E-state index in [1.165, 1.54) is 0 Å². The van der Waals surface area contributed by atoms with Crippen molar-refractivity contribution in [2.45, 2.75) is 26.8 Å². The van der Waals surface area contributed by atoms with Gasteiger partial charge in [-0.15, -0.1) is 0 Å². The van der Waals surface area contributed by atoms with Gasteiger partial charge in [0.2, 0.25) is 0 Å². The number of ketones is 1. The van der Waals surface area contributed by atoms with Crippen LogP contribution in [-0.2, 0) is 13.0 Å². The summed E-state index contributed by atoms with van der Waals surface area (Å²) < 4.78 is 1.69. The summed E-state index contributed by atoms with van der Waals surface area (Å²) in [5.41, 5.74) is 1.57. The molecule has 16 heavy (non-hydrogen) atoms. The SMILES string of the molecule is CCc1cc(=O)n2c(c1C(C)=O)N(C)CC2. The molecule has 1 aliphatic heterocycles. The molecular formula is C12H16N2O2. The van der Waals surface area contributed by atoms with E-state index >= 15 is 0 Å². The zero-order valence-corrected chi connectivity index (χ0v) is 9.91. The monoisotopic (exact) mass is 220 g/mol. The van der Waals surface area contributed by atoms with Crippen molar-refractivity contribution in [1.82, 2.24) is 4.57 Å². The van der Waals surface area contributed by atoms with Crippen molar-refractivity contribution in [2.75, 3.05) is 18.5 Å². The zero-order chi connectivity index (χ0) is 11.9. The maximum atomic E-state index is 11.8. The highest BCUT2D eigenvalue weighted by Gasteiger charge is 2.24. The van der Waals surface area contributed by atoms with Gasteiger partial charge in [-0.25, -0.2) is 0 Å². The van der Waals surface area contributed by atoms with E-state index in [1.54, 1.807) is 17.6 Å². The van der Waals surface area contributed by atoms with Crippen LogP contribution >= 0.6 is 0 Å². The molecule has 4 nitrogen and oxygen atoms in total.